The number of hydrogen-bond donors (Lipinski definition) is 1. The minimum atomic E-state index is -0.132. The summed E-state index contributed by atoms with van der Waals surface area (Å²) in [5.74, 6) is 0.167. The summed E-state index contributed by atoms with van der Waals surface area (Å²) >= 11 is 2.87. The summed E-state index contributed by atoms with van der Waals surface area (Å²) in [5, 5.41) is 5.58. The van der Waals surface area contributed by atoms with E-state index in [1.807, 2.05) is 18.4 Å². The third-order valence-corrected chi connectivity index (χ3v) is 6.50. The molecule has 1 aromatic carbocycles. The van der Waals surface area contributed by atoms with Crippen LogP contribution in [0.2, 0.25) is 0 Å². The van der Waals surface area contributed by atoms with Crippen LogP contribution in [0.3, 0.4) is 0 Å². The zero-order chi connectivity index (χ0) is 21.1. The number of thiophene rings is 2. The molecule has 0 aliphatic heterocycles. The van der Waals surface area contributed by atoms with Gasteiger partial charge in [0.1, 0.15) is 11.2 Å². The van der Waals surface area contributed by atoms with Crippen molar-refractivity contribution in [2.24, 2.45) is 0 Å². The van der Waals surface area contributed by atoms with E-state index in [4.69, 9.17) is 4.74 Å². The Labute approximate surface area is 181 Å². The van der Waals surface area contributed by atoms with Crippen molar-refractivity contribution in [2.75, 3.05) is 6.61 Å². The Morgan fingerprint density at radius 2 is 1.90 bits per heavy atom. The Kier molecular flexibility index (Phi) is 5.87. The van der Waals surface area contributed by atoms with E-state index in [9.17, 15) is 9.59 Å². The third-order valence-electron chi connectivity index (χ3n) is 4.49. The van der Waals surface area contributed by atoms with Crippen LogP contribution < -0.4 is 10.1 Å². The molecule has 4 rings (SSSR count). The molecule has 0 saturated carbocycles. The Morgan fingerprint density at radius 3 is 2.67 bits per heavy atom. The Morgan fingerprint density at radius 1 is 1.10 bits per heavy atom. The van der Waals surface area contributed by atoms with Gasteiger partial charge in [-0.15, -0.1) is 22.7 Å². The fraction of sp³-hybridized carbons (Fsp3) is 0.182. The zero-order valence-electron chi connectivity index (χ0n) is 16.5. The highest BCUT2D eigenvalue weighted by molar-refractivity contribution is 7.17. The van der Waals surface area contributed by atoms with Gasteiger partial charge in [-0.05, 0) is 24.6 Å². The Bertz CT molecular complexity index is 1210. The van der Waals surface area contributed by atoms with Crippen molar-refractivity contribution in [3.63, 3.8) is 0 Å². The number of carbonyl (C=O) groups is 2. The molecular weight excluding hydrogens is 418 g/mol. The topological polar surface area (TPSA) is 81.2 Å². The lowest BCUT2D eigenvalue weighted by Gasteiger charge is -2.07. The van der Waals surface area contributed by atoms with Gasteiger partial charge in [-0.1, -0.05) is 29.8 Å². The van der Waals surface area contributed by atoms with Crippen molar-refractivity contribution >= 4 is 44.6 Å². The minimum Gasteiger partial charge on any atom is -0.469 e. The maximum atomic E-state index is 12.6. The maximum absolute atomic E-state index is 12.6. The number of aromatic nitrogens is 2. The van der Waals surface area contributed by atoms with E-state index < -0.39 is 0 Å². The van der Waals surface area contributed by atoms with E-state index in [1.54, 1.807) is 6.07 Å². The quantitative estimate of drug-likeness (QED) is 0.427. The number of amides is 1. The minimum absolute atomic E-state index is 0.104. The fourth-order valence-corrected chi connectivity index (χ4v) is 4.72. The number of nitrogens with one attached hydrogen (secondary N) is 1. The molecule has 6 nitrogen and oxygen atoms in total. The number of Topliss-reactive ketones (excluding diaryl/α,β-unsaturated/α-hetero) is 1. The highest BCUT2D eigenvalue weighted by atomic mass is 32.1. The molecule has 0 bridgehead atoms. The SMILES string of the molecule is CC(=O)NCc1ccc(C(=O)COc2ncnc3scc(-c4ccc(C)cc4)c23)s1. The number of hydrogen-bond acceptors (Lipinski definition) is 7. The number of carbonyl (C=O) groups excluding carboxylic acids is 2. The number of ketones is 1. The summed E-state index contributed by atoms with van der Waals surface area (Å²) in [4.78, 5) is 34.6. The van der Waals surface area contributed by atoms with E-state index in [2.05, 4.69) is 39.6 Å². The standard InChI is InChI=1S/C22H19N3O3S2/c1-13-3-5-15(6-4-13)17-11-29-22-20(17)21(24-12-25-22)28-10-18(27)19-8-7-16(30-19)9-23-14(2)26/h3-8,11-12H,9-10H2,1-2H3,(H,23,26). The predicted octanol–water partition coefficient (Wildman–Crippen LogP) is 4.63. The van der Waals surface area contributed by atoms with Crippen LogP contribution in [-0.2, 0) is 11.3 Å². The number of nitrogens with zero attached hydrogens (tertiary/aromatic N) is 2. The highest BCUT2D eigenvalue weighted by Gasteiger charge is 2.16. The van der Waals surface area contributed by atoms with Crippen LogP contribution in [0.4, 0.5) is 0 Å². The molecule has 4 aromatic rings. The van der Waals surface area contributed by atoms with Gasteiger partial charge in [0.15, 0.2) is 6.61 Å². The molecule has 0 aliphatic carbocycles. The Balaban J connectivity index is 1.53. The van der Waals surface area contributed by atoms with Gasteiger partial charge in [0, 0.05) is 22.7 Å². The van der Waals surface area contributed by atoms with Gasteiger partial charge in [-0.2, -0.15) is 0 Å². The second-order valence-electron chi connectivity index (χ2n) is 6.76. The van der Waals surface area contributed by atoms with Crippen molar-refractivity contribution in [1.82, 2.24) is 15.3 Å². The molecule has 0 atom stereocenters. The first-order chi connectivity index (χ1) is 14.5. The van der Waals surface area contributed by atoms with E-state index >= 15 is 0 Å². The number of aryl methyl sites for hydroxylation is 1. The molecule has 0 spiro atoms. The summed E-state index contributed by atoms with van der Waals surface area (Å²) in [6, 6.07) is 11.8. The van der Waals surface area contributed by atoms with Crippen molar-refractivity contribution in [3.05, 3.63) is 63.4 Å². The van der Waals surface area contributed by atoms with Crippen LogP contribution in [0.1, 0.15) is 27.0 Å². The number of benzene rings is 1. The summed E-state index contributed by atoms with van der Waals surface area (Å²) in [5.41, 5.74) is 3.23. The number of ether oxygens (including phenoxy) is 1. The normalized spacial score (nSPS) is 10.9. The molecule has 1 amide bonds. The third kappa shape index (κ3) is 4.39. The van der Waals surface area contributed by atoms with E-state index in [0.29, 0.717) is 17.3 Å². The molecule has 0 unspecified atom stereocenters. The lowest BCUT2D eigenvalue weighted by Crippen LogP contribution is -2.18. The molecule has 0 radical (unpaired) electrons. The zero-order valence-corrected chi connectivity index (χ0v) is 18.1. The maximum Gasteiger partial charge on any atom is 0.226 e. The van der Waals surface area contributed by atoms with Gasteiger partial charge in [0.25, 0.3) is 0 Å². The van der Waals surface area contributed by atoms with Crippen molar-refractivity contribution in [1.29, 1.82) is 0 Å². The fourth-order valence-electron chi connectivity index (χ4n) is 2.94. The lowest BCUT2D eigenvalue weighted by atomic mass is 10.0. The first-order valence-electron chi connectivity index (χ1n) is 9.29. The van der Waals surface area contributed by atoms with E-state index in [1.165, 1.54) is 41.5 Å². The molecule has 1 N–H and O–H groups in total. The molecule has 8 heteroatoms. The highest BCUT2D eigenvalue weighted by Crippen LogP contribution is 2.37. The Hall–Kier alpha value is -3.10. The average Bonchev–Trinajstić information content (AvgIpc) is 3.38. The molecule has 0 saturated heterocycles. The van der Waals surface area contributed by atoms with E-state index in [0.717, 1.165) is 26.2 Å². The van der Waals surface area contributed by atoms with E-state index in [-0.39, 0.29) is 18.3 Å². The first kappa shape index (κ1) is 20.2. The second kappa shape index (κ2) is 8.73. The molecule has 30 heavy (non-hydrogen) atoms. The van der Waals surface area contributed by atoms with Crippen LogP contribution in [0.25, 0.3) is 21.3 Å². The van der Waals surface area contributed by atoms with Crippen LogP contribution in [-0.4, -0.2) is 28.3 Å². The molecule has 0 fully saturated rings. The smallest absolute Gasteiger partial charge is 0.226 e. The molecular formula is C22H19N3O3S2. The number of fused-ring (bicyclic) bond motifs is 1. The summed E-state index contributed by atoms with van der Waals surface area (Å²) in [7, 11) is 0. The molecule has 3 aromatic heterocycles. The van der Waals surface area contributed by atoms with Crippen LogP contribution in [0, 0.1) is 6.92 Å². The predicted molar refractivity (Wildman–Crippen MR) is 119 cm³/mol. The molecule has 3 heterocycles. The second-order valence-corrected chi connectivity index (χ2v) is 8.79. The summed E-state index contributed by atoms with van der Waals surface area (Å²) in [6.45, 7) is 3.81. The lowest BCUT2D eigenvalue weighted by molar-refractivity contribution is -0.119. The van der Waals surface area contributed by atoms with Crippen molar-refractivity contribution < 1.29 is 14.3 Å². The van der Waals surface area contributed by atoms with Gasteiger partial charge in [-0.25, -0.2) is 9.97 Å². The molecule has 0 aliphatic rings. The average molecular weight is 438 g/mol. The number of rotatable bonds is 7. The van der Waals surface area contributed by atoms with Gasteiger partial charge in [0.05, 0.1) is 16.8 Å². The monoisotopic (exact) mass is 437 g/mol. The van der Waals surface area contributed by atoms with Crippen molar-refractivity contribution in [2.45, 2.75) is 20.4 Å². The van der Waals surface area contributed by atoms with Gasteiger partial charge < -0.3 is 10.1 Å². The van der Waals surface area contributed by atoms with Gasteiger partial charge in [0.2, 0.25) is 17.6 Å². The summed E-state index contributed by atoms with van der Waals surface area (Å²) < 4.78 is 5.83. The van der Waals surface area contributed by atoms with Gasteiger partial charge >= 0.3 is 0 Å². The van der Waals surface area contributed by atoms with Crippen LogP contribution in [0.15, 0.2) is 48.1 Å². The van der Waals surface area contributed by atoms with Crippen molar-refractivity contribution in [3.8, 4) is 17.0 Å². The summed E-state index contributed by atoms with van der Waals surface area (Å²) in [6.07, 6.45) is 1.45. The largest absolute Gasteiger partial charge is 0.469 e. The van der Waals surface area contributed by atoms with Crippen LogP contribution >= 0.6 is 22.7 Å². The first-order valence-corrected chi connectivity index (χ1v) is 11.0. The molecule has 152 valence electrons. The van der Waals surface area contributed by atoms with Crippen LogP contribution in [0.5, 0.6) is 5.88 Å². The van der Waals surface area contributed by atoms with Gasteiger partial charge in [-0.3, -0.25) is 9.59 Å².